The van der Waals surface area contributed by atoms with Gasteiger partial charge in [0.15, 0.2) is 0 Å². The number of benzene rings is 2. The number of hydrogen-bond acceptors (Lipinski definition) is 1. The van der Waals surface area contributed by atoms with Gasteiger partial charge >= 0.3 is 0 Å². The Bertz CT molecular complexity index is 630. The molecule has 0 aliphatic carbocycles. The Morgan fingerprint density at radius 3 is 2.55 bits per heavy atom. The smallest absolute Gasteiger partial charge is 0.252 e. The van der Waals surface area contributed by atoms with Gasteiger partial charge < -0.3 is 5.32 Å². The summed E-state index contributed by atoms with van der Waals surface area (Å²) in [4.78, 5) is 12.3. The minimum Gasteiger partial charge on any atom is -0.345 e. The van der Waals surface area contributed by atoms with E-state index in [1.807, 2.05) is 19.1 Å². The molecule has 0 bridgehead atoms. The Morgan fingerprint density at radius 1 is 1.25 bits per heavy atom. The molecule has 0 aliphatic rings. The normalized spacial score (nSPS) is 12.0. The predicted molar refractivity (Wildman–Crippen MR) is 89.1 cm³/mol. The second kappa shape index (κ2) is 6.67. The van der Waals surface area contributed by atoms with Gasteiger partial charge in [-0.05, 0) is 65.4 Å². The molecule has 20 heavy (non-hydrogen) atoms. The summed E-state index contributed by atoms with van der Waals surface area (Å²) in [6.45, 7) is 1.87. The molecule has 2 aromatic rings. The van der Waals surface area contributed by atoms with E-state index in [-0.39, 0.29) is 17.8 Å². The van der Waals surface area contributed by atoms with Crippen LogP contribution in [0.2, 0.25) is 0 Å². The second-order valence-corrected chi connectivity index (χ2v) is 6.45. The van der Waals surface area contributed by atoms with Crippen LogP contribution < -0.4 is 5.32 Å². The summed E-state index contributed by atoms with van der Waals surface area (Å²) in [5.41, 5.74) is 1.48. The van der Waals surface area contributed by atoms with Crippen LogP contribution in [-0.4, -0.2) is 5.91 Å². The largest absolute Gasteiger partial charge is 0.345 e. The third kappa shape index (κ3) is 3.79. The van der Waals surface area contributed by atoms with Crippen molar-refractivity contribution in [2.75, 3.05) is 0 Å². The fourth-order valence-corrected chi connectivity index (χ4v) is 2.72. The standard InChI is InChI=1S/C15H12BrFINO/c1-9(10-2-5-12(17)6-3-10)19-15(20)13-8-11(16)4-7-14(13)18/h2-9H,1H3,(H,19,20). The second-order valence-electron chi connectivity index (χ2n) is 4.37. The van der Waals surface area contributed by atoms with Gasteiger partial charge in [-0.1, -0.05) is 28.1 Å². The zero-order valence-corrected chi connectivity index (χ0v) is 14.4. The molecule has 0 fully saturated rings. The number of amides is 1. The van der Waals surface area contributed by atoms with E-state index < -0.39 is 0 Å². The number of carbonyl (C=O) groups is 1. The van der Waals surface area contributed by atoms with Crippen molar-refractivity contribution in [1.82, 2.24) is 5.32 Å². The molecule has 0 radical (unpaired) electrons. The summed E-state index contributed by atoms with van der Waals surface area (Å²) >= 11 is 5.49. The van der Waals surface area contributed by atoms with E-state index in [1.54, 1.807) is 18.2 Å². The first-order valence-corrected chi connectivity index (χ1v) is 7.86. The maximum atomic E-state index is 12.9. The molecule has 104 valence electrons. The molecular formula is C15H12BrFINO. The highest BCUT2D eigenvalue weighted by Crippen LogP contribution is 2.20. The van der Waals surface area contributed by atoms with Gasteiger partial charge in [0, 0.05) is 8.04 Å². The molecule has 0 saturated carbocycles. The Balaban J connectivity index is 2.15. The monoisotopic (exact) mass is 447 g/mol. The van der Waals surface area contributed by atoms with Crippen molar-refractivity contribution in [1.29, 1.82) is 0 Å². The van der Waals surface area contributed by atoms with E-state index >= 15 is 0 Å². The number of hydrogen-bond donors (Lipinski definition) is 1. The molecule has 1 N–H and O–H groups in total. The zero-order chi connectivity index (χ0) is 14.7. The quantitative estimate of drug-likeness (QED) is 0.680. The van der Waals surface area contributed by atoms with Crippen molar-refractivity contribution in [3.05, 3.63) is 67.5 Å². The van der Waals surface area contributed by atoms with Gasteiger partial charge in [-0.3, -0.25) is 4.79 Å². The van der Waals surface area contributed by atoms with Crippen LogP contribution in [0.15, 0.2) is 46.9 Å². The van der Waals surface area contributed by atoms with E-state index in [9.17, 15) is 9.18 Å². The van der Waals surface area contributed by atoms with Gasteiger partial charge in [0.05, 0.1) is 11.6 Å². The van der Waals surface area contributed by atoms with Gasteiger partial charge in [-0.2, -0.15) is 0 Å². The van der Waals surface area contributed by atoms with E-state index in [0.29, 0.717) is 5.56 Å². The number of halogens is 3. The Hall–Kier alpha value is -0.950. The number of nitrogens with one attached hydrogen (secondary N) is 1. The average molecular weight is 448 g/mol. The van der Waals surface area contributed by atoms with Crippen LogP contribution >= 0.6 is 38.5 Å². The number of rotatable bonds is 3. The van der Waals surface area contributed by atoms with Gasteiger partial charge in [0.2, 0.25) is 0 Å². The molecule has 0 spiro atoms. The minimum atomic E-state index is -0.284. The van der Waals surface area contributed by atoms with Gasteiger partial charge in [0.1, 0.15) is 5.82 Å². The molecule has 0 aromatic heterocycles. The first kappa shape index (κ1) is 15.4. The van der Waals surface area contributed by atoms with Crippen molar-refractivity contribution >= 4 is 44.4 Å². The average Bonchev–Trinajstić information content (AvgIpc) is 2.42. The molecule has 2 nitrogen and oxygen atoms in total. The van der Waals surface area contributed by atoms with Gasteiger partial charge in [0.25, 0.3) is 5.91 Å². The van der Waals surface area contributed by atoms with Crippen molar-refractivity contribution in [2.24, 2.45) is 0 Å². The van der Waals surface area contributed by atoms with E-state index in [0.717, 1.165) is 13.6 Å². The van der Waals surface area contributed by atoms with Crippen molar-refractivity contribution in [2.45, 2.75) is 13.0 Å². The Labute approximate surface area is 139 Å². The predicted octanol–water partition coefficient (Wildman–Crippen LogP) is 4.68. The maximum Gasteiger partial charge on any atom is 0.252 e. The lowest BCUT2D eigenvalue weighted by Gasteiger charge is -2.15. The summed E-state index contributed by atoms with van der Waals surface area (Å²) < 4.78 is 14.6. The molecule has 2 aromatic carbocycles. The zero-order valence-electron chi connectivity index (χ0n) is 10.7. The highest BCUT2D eigenvalue weighted by atomic mass is 127. The minimum absolute atomic E-state index is 0.146. The molecule has 0 aliphatic heterocycles. The fourth-order valence-electron chi connectivity index (χ4n) is 1.78. The van der Waals surface area contributed by atoms with Crippen LogP contribution in [0.3, 0.4) is 0 Å². The van der Waals surface area contributed by atoms with Crippen LogP contribution in [0.5, 0.6) is 0 Å². The Morgan fingerprint density at radius 2 is 1.90 bits per heavy atom. The topological polar surface area (TPSA) is 29.1 Å². The molecule has 1 atom stereocenters. The summed E-state index contributed by atoms with van der Waals surface area (Å²) in [6, 6.07) is 11.5. The van der Waals surface area contributed by atoms with Crippen molar-refractivity contribution in [3.63, 3.8) is 0 Å². The first-order valence-electron chi connectivity index (χ1n) is 5.99. The highest BCUT2D eigenvalue weighted by Gasteiger charge is 2.14. The molecule has 5 heteroatoms. The van der Waals surface area contributed by atoms with Crippen LogP contribution in [0.4, 0.5) is 4.39 Å². The molecule has 0 saturated heterocycles. The lowest BCUT2D eigenvalue weighted by Crippen LogP contribution is -2.27. The van der Waals surface area contributed by atoms with Gasteiger partial charge in [-0.25, -0.2) is 4.39 Å². The molecular weight excluding hydrogens is 436 g/mol. The summed E-state index contributed by atoms with van der Waals surface area (Å²) in [5, 5.41) is 2.91. The highest BCUT2D eigenvalue weighted by molar-refractivity contribution is 14.1. The molecule has 1 unspecified atom stereocenters. The van der Waals surface area contributed by atoms with Crippen molar-refractivity contribution in [3.8, 4) is 0 Å². The van der Waals surface area contributed by atoms with E-state index in [1.165, 1.54) is 12.1 Å². The van der Waals surface area contributed by atoms with Crippen LogP contribution in [0.1, 0.15) is 28.9 Å². The van der Waals surface area contributed by atoms with E-state index in [4.69, 9.17) is 0 Å². The van der Waals surface area contributed by atoms with Crippen LogP contribution in [-0.2, 0) is 0 Å². The lowest BCUT2D eigenvalue weighted by molar-refractivity contribution is 0.0939. The van der Waals surface area contributed by atoms with Crippen molar-refractivity contribution < 1.29 is 9.18 Å². The summed E-state index contributed by atoms with van der Waals surface area (Å²) in [7, 11) is 0. The Kier molecular flexibility index (Phi) is 5.15. The molecule has 0 heterocycles. The third-order valence-electron chi connectivity index (χ3n) is 2.89. The number of carbonyl (C=O) groups excluding carboxylic acids is 1. The first-order chi connectivity index (χ1) is 9.47. The summed E-state index contributed by atoms with van der Waals surface area (Å²) in [5.74, 6) is -0.429. The molecule has 2 rings (SSSR count). The van der Waals surface area contributed by atoms with E-state index in [2.05, 4.69) is 43.8 Å². The van der Waals surface area contributed by atoms with Crippen LogP contribution in [0, 0.1) is 9.39 Å². The summed E-state index contributed by atoms with van der Waals surface area (Å²) in [6.07, 6.45) is 0. The van der Waals surface area contributed by atoms with Crippen LogP contribution in [0.25, 0.3) is 0 Å². The fraction of sp³-hybridized carbons (Fsp3) is 0.133. The maximum absolute atomic E-state index is 12.9. The SMILES string of the molecule is CC(NC(=O)c1cc(Br)ccc1I)c1ccc(F)cc1. The molecule has 1 amide bonds. The van der Waals surface area contributed by atoms with Gasteiger partial charge in [-0.15, -0.1) is 0 Å². The lowest BCUT2D eigenvalue weighted by atomic mass is 10.1. The third-order valence-corrected chi connectivity index (χ3v) is 4.32.